The number of rotatable bonds is 4. The summed E-state index contributed by atoms with van der Waals surface area (Å²) in [6.45, 7) is 1.44. The van der Waals surface area contributed by atoms with E-state index in [1.807, 2.05) is 39.9 Å². The standard InChI is InChI=1S/C20H17BrFN3O/c21-18-4-2-1-3-17(18)20-23-11-16-12-24(19(26)13-25(16)20)10-9-14-5-7-15(22)8-6-14/h1-8,11H,9-10,12-13H2. The van der Waals surface area contributed by atoms with Crippen molar-refractivity contribution in [3.05, 3.63) is 76.3 Å². The van der Waals surface area contributed by atoms with Crippen LogP contribution in [-0.2, 0) is 24.3 Å². The molecule has 4 rings (SSSR count). The Morgan fingerprint density at radius 2 is 1.85 bits per heavy atom. The fourth-order valence-corrected chi connectivity index (χ4v) is 3.67. The Kier molecular flexibility index (Phi) is 4.59. The molecule has 0 N–H and O–H groups in total. The predicted molar refractivity (Wildman–Crippen MR) is 101 cm³/mol. The minimum Gasteiger partial charge on any atom is -0.335 e. The number of carbonyl (C=O) groups is 1. The zero-order valence-corrected chi connectivity index (χ0v) is 15.6. The van der Waals surface area contributed by atoms with Crippen molar-refractivity contribution < 1.29 is 9.18 Å². The molecule has 4 nitrogen and oxygen atoms in total. The molecular weight excluding hydrogens is 397 g/mol. The fraction of sp³-hybridized carbons (Fsp3) is 0.200. The second kappa shape index (κ2) is 7.03. The number of nitrogens with zero attached hydrogens (tertiary/aromatic N) is 3. The van der Waals surface area contributed by atoms with E-state index in [9.17, 15) is 9.18 Å². The number of benzene rings is 2. The fourth-order valence-electron chi connectivity index (χ4n) is 3.21. The highest BCUT2D eigenvalue weighted by Crippen LogP contribution is 2.29. The highest BCUT2D eigenvalue weighted by atomic mass is 79.9. The molecule has 6 heteroatoms. The molecule has 3 aromatic rings. The van der Waals surface area contributed by atoms with Crippen molar-refractivity contribution in [3.8, 4) is 11.4 Å². The number of carbonyl (C=O) groups excluding carboxylic acids is 1. The Morgan fingerprint density at radius 3 is 2.62 bits per heavy atom. The largest absolute Gasteiger partial charge is 0.335 e. The molecule has 1 amide bonds. The van der Waals surface area contributed by atoms with Crippen molar-refractivity contribution in [3.63, 3.8) is 0 Å². The molecule has 2 aromatic carbocycles. The van der Waals surface area contributed by atoms with Gasteiger partial charge in [0.1, 0.15) is 18.2 Å². The van der Waals surface area contributed by atoms with Crippen LogP contribution in [0.3, 0.4) is 0 Å². The number of amides is 1. The smallest absolute Gasteiger partial charge is 0.242 e. The van der Waals surface area contributed by atoms with Crippen LogP contribution in [0.4, 0.5) is 4.39 Å². The van der Waals surface area contributed by atoms with Gasteiger partial charge in [0.05, 0.1) is 18.4 Å². The Hall–Kier alpha value is -2.47. The monoisotopic (exact) mass is 413 g/mol. The van der Waals surface area contributed by atoms with E-state index in [-0.39, 0.29) is 18.3 Å². The van der Waals surface area contributed by atoms with Crippen LogP contribution in [0.2, 0.25) is 0 Å². The lowest BCUT2D eigenvalue weighted by Gasteiger charge is -2.29. The van der Waals surface area contributed by atoms with Gasteiger partial charge in [-0.05, 0) is 30.2 Å². The van der Waals surface area contributed by atoms with Crippen LogP contribution in [0.15, 0.2) is 59.2 Å². The van der Waals surface area contributed by atoms with Crippen LogP contribution < -0.4 is 0 Å². The van der Waals surface area contributed by atoms with E-state index in [4.69, 9.17) is 0 Å². The van der Waals surface area contributed by atoms with Crippen LogP contribution in [-0.4, -0.2) is 26.9 Å². The number of hydrogen-bond acceptors (Lipinski definition) is 2. The van der Waals surface area contributed by atoms with Gasteiger partial charge in [-0.1, -0.05) is 46.3 Å². The molecule has 26 heavy (non-hydrogen) atoms. The van der Waals surface area contributed by atoms with Crippen molar-refractivity contribution in [2.45, 2.75) is 19.5 Å². The number of aromatic nitrogens is 2. The summed E-state index contributed by atoms with van der Waals surface area (Å²) in [5, 5.41) is 0. The van der Waals surface area contributed by atoms with E-state index >= 15 is 0 Å². The first kappa shape index (κ1) is 17.0. The van der Waals surface area contributed by atoms with E-state index in [0.717, 1.165) is 27.1 Å². The molecule has 0 aliphatic carbocycles. The lowest BCUT2D eigenvalue weighted by atomic mass is 10.1. The van der Waals surface area contributed by atoms with Gasteiger partial charge in [-0.25, -0.2) is 9.37 Å². The van der Waals surface area contributed by atoms with Crippen molar-refractivity contribution in [2.24, 2.45) is 0 Å². The molecule has 0 unspecified atom stereocenters. The van der Waals surface area contributed by atoms with E-state index in [0.29, 0.717) is 19.5 Å². The number of halogens is 2. The third-order valence-electron chi connectivity index (χ3n) is 4.64. The summed E-state index contributed by atoms with van der Waals surface area (Å²) in [6.07, 6.45) is 2.54. The quantitative estimate of drug-likeness (QED) is 0.647. The molecule has 0 saturated carbocycles. The van der Waals surface area contributed by atoms with E-state index in [1.54, 1.807) is 12.1 Å². The number of imidazole rings is 1. The molecule has 1 aliphatic heterocycles. The molecule has 0 bridgehead atoms. The lowest BCUT2D eigenvalue weighted by molar-refractivity contribution is -0.134. The van der Waals surface area contributed by atoms with Crippen molar-refractivity contribution in [2.75, 3.05) is 6.54 Å². The summed E-state index contributed by atoms with van der Waals surface area (Å²) >= 11 is 3.55. The van der Waals surface area contributed by atoms with Gasteiger partial charge in [0.25, 0.3) is 0 Å². The van der Waals surface area contributed by atoms with Crippen molar-refractivity contribution >= 4 is 21.8 Å². The number of hydrogen-bond donors (Lipinski definition) is 0. The molecule has 0 atom stereocenters. The molecule has 1 aliphatic rings. The van der Waals surface area contributed by atoms with E-state index in [2.05, 4.69) is 20.9 Å². The second-order valence-electron chi connectivity index (χ2n) is 6.33. The maximum absolute atomic E-state index is 13.0. The highest BCUT2D eigenvalue weighted by Gasteiger charge is 2.26. The highest BCUT2D eigenvalue weighted by molar-refractivity contribution is 9.10. The maximum atomic E-state index is 13.0. The Bertz CT molecular complexity index is 952. The van der Waals surface area contributed by atoms with Gasteiger partial charge >= 0.3 is 0 Å². The average Bonchev–Trinajstić information content (AvgIpc) is 3.04. The molecule has 132 valence electrons. The summed E-state index contributed by atoms with van der Waals surface area (Å²) in [4.78, 5) is 19.0. The summed E-state index contributed by atoms with van der Waals surface area (Å²) in [7, 11) is 0. The van der Waals surface area contributed by atoms with Gasteiger partial charge in [-0.2, -0.15) is 0 Å². The van der Waals surface area contributed by atoms with Crippen LogP contribution in [0.25, 0.3) is 11.4 Å². The minimum atomic E-state index is -0.244. The van der Waals surface area contributed by atoms with Gasteiger partial charge in [0.2, 0.25) is 5.91 Å². The third-order valence-corrected chi connectivity index (χ3v) is 5.33. The van der Waals surface area contributed by atoms with Gasteiger partial charge in [0, 0.05) is 16.6 Å². The van der Waals surface area contributed by atoms with Crippen LogP contribution in [0.1, 0.15) is 11.3 Å². The molecule has 1 aromatic heterocycles. The number of fused-ring (bicyclic) bond motifs is 1. The first-order valence-electron chi connectivity index (χ1n) is 8.43. The van der Waals surface area contributed by atoms with Crippen LogP contribution >= 0.6 is 15.9 Å². The van der Waals surface area contributed by atoms with Crippen molar-refractivity contribution in [1.29, 1.82) is 0 Å². The lowest BCUT2D eigenvalue weighted by Crippen LogP contribution is -2.40. The van der Waals surface area contributed by atoms with Gasteiger partial charge in [-0.15, -0.1) is 0 Å². The SMILES string of the molecule is O=C1Cn2c(cnc2-c2ccccc2Br)CN1CCc1ccc(F)cc1. The van der Waals surface area contributed by atoms with Gasteiger partial charge in [0.15, 0.2) is 0 Å². The average molecular weight is 414 g/mol. The molecule has 0 radical (unpaired) electrons. The second-order valence-corrected chi connectivity index (χ2v) is 7.19. The molecule has 2 heterocycles. The molecule has 0 spiro atoms. The van der Waals surface area contributed by atoms with Crippen molar-refractivity contribution in [1.82, 2.24) is 14.5 Å². The summed E-state index contributed by atoms with van der Waals surface area (Å²) in [5.41, 5.74) is 3.02. The predicted octanol–water partition coefficient (Wildman–Crippen LogP) is 4.04. The summed E-state index contributed by atoms with van der Waals surface area (Å²) in [5.74, 6) is 0.635. The molecule has 0 saturated heterocycles. The summed E-state index contributed by atoms with van der Waals surface area (Å²) < 4.78 is 15.9. The molecule has 0 fully saturated rings. The first-order valence-corrected chi connectivity index (χ1v) is 9.22. The Labute approximate surface area is 159 Å². The zero-order valence-electron chi connectivity index (χ0n) is 14.0. The van der Waals surface area contributed by atoms with Gasteiger partial charge < -0.3 is 9.47 Å². The zero-order chi connectivity index (χ0) is 18.1. The maximum Gasteiger partial charge on any atom is 0.242 e. The summed E-state index contributed by atoms with van der Waals surface area (Å²) in [6, 6.07) is 14.3. The minimum absolute atomic E-state index is 0.0749. The molecular formula is C20H17BrFN3O. The van der Waals surface area contributed by atoms with E-state index in [1.165, 1.54) is 12.1 Å². The van der Waals surface area contributed by atoms with Gasteiger partial charge in [-0.3, -0.25) is 4.79 Å². The topological polar surface area (TPSA) is 38.1 Å². The van der Waals surface area contributed by atoms with Crippen LogP contribution in [0.5, 0.6) is 0 Å². The van der Waals surface area contributed by atoms with Crippen LogP contribution in [0, 0.1) is 5.82 Å². The third kappa shape index (κ3) is 3.29. The normalized spacial score (nSPS) is 13.8. The Balaban J connectivity index is 1.52. The Morgan fingerprint density at radius 1 is 1.08 bits per heavy atom. The first-order chi connectivity index (χ1) is 12.6. The van der Waals surface area contributed by atoms with E-state index < -0.39 is 0 Å².